The van der Waals surface area contributed by atoms with Crippen molar-refractivity contribution < 1.29 is 23.4 Å². The fourth-order valence-electron chi connectivity index (χ4n) is 2.64. The molecule has 0 radical (unpaired) electrons. The Hall–Kier alpha value is -1.69. The van der Waals surface area contributed by atoms with Gasteiger partial charge in [0.15, 0.2) is 11.6 Å². The molecule has 1 fully saturated rings. The molecule has 1 aromatic rings. The zero-order chi connectivity index (χ0) is 16.7. The number of carbonyl (C=O) groups is 1. The number of halogens is 2. The van der Waals surface area contributed by atoms with Crippen LogP contribution in [0, 0.1) is 17.0 Å². The Morgan fingerprint density at radius 1 is 1.32 bits per heavy atom. The number of ether oxygens (including phenoxy) is 1. The maximum atomic E-state index is 14.2. The SMILES string of the molecule is COc1ccc(F)c(C(=O)N2CC[C@](C)(O)C(C)(C)C2)c1F. The number of piperidine rings is 1. The van der Waals surface area contributed by atoms with E-state index in [9.17, 15) is 18.7 Å². The smallest absolute Gasteiger partial charge is 0.259 e. The van der Waals surface area contributed by atoms with Crippen LogP contribution in [0.15, 0.2) is 12.1 Å². The summed E-state index contributed by atoms with van der Waals surface area (Å²) in [6.45, 7) is 5.82. The molecule has 1 atom stereocenters. The maximum absolute atomic E-state index is 14.2. The summed E-state index contributed by atoms with van der Waals surface area (Å²) in [6, 6.07) is 2.16. The zero-order valence-corrected chi connectivity index (χ0v) is 13.2. The van der Waals surface area contributed by atoms with Crippen LogP contribution in [0.3, 0.4) is 0 Å². The van der Waals surface area contributed by atoms with Gasteiger partial charge in [-0.3, -0.25) is 4.79 Å². The fourth-order valence-corrected chi connectivity index (χ4v) is 2.64. The minimum atomic E-state index is -0.998. The van der Waals surface area contributed by atoms with Crippen LogP contribution in [0.4, 0.5) is 8.78 Å². The number of likely N-dealkylation sites (tertiary alicyclic amines) is 1. The van der Waals surface area contributed by atoms with Crippen LogP contribution in [0.2, 0.25) is 0 Å². The van der Waals surface area contributed by atoms with Crippen molar-refractivity contribution in [2.45, 2.75) is 32.8 Å². The molecule has 0 saturated carbocycles. The summed E-state index contributed by atoms with van der Waals surface area (Å²) in [6.07, 6.45) is 0.346. The first-order chi connectivity index (χ1) is 10.1. The summed E-state index contributed by atoms with van der Waals surface area (Å²) < 4.78 is 32.9. The third-order valence-corrected chi connectivity index (χ3v) is 4.69. The summed E-state index contributed by atoms with van der Waals surface area (Å²) >= 11 is 0. The Morgan fingerprint density at radius 2 is 1.95 bits per heavy atom. The van der Waals surface area contributed by atoms with Crippen LogP contribution < -0.4 is 4.74 Å². The number of rotatable bonds is 2. The van der Waals surface area contributed by atoms with Crippen molar-refractivity contribution in [3.8, 4) is 5.75 Å². The first kappa shape index (κ1) is 16.7. The van der Waals surface area contributed by atoms with E-state index in [0.29, 0.717) is 6.42 Å². The largest absolute Gasteiger partial charge is 0.494 e. The van der Waals surface area contributed by atoms with Crippen molar-refractivity contribution in [3.05, 3.63) is 29.3 Å². The van der Waals surface area contributed by atoms with E-state index in [1.807, 2.05) is 13.8 Å². The highest BCUT2D eigenvalue weighted by Crippen LogP contribution is 2.39. The minimum Gasteiger partial charge on any atom is -0.494 e. The molecule has 4 nitrogen and oxygen atoms in total. The van der Waals surface area contributed by atoms with Gasteiger partial charge in [-0.15, -0.1) is 0 Å². The molecule has 0 aliphatic carbocycles. The number of methoxy groups -OCH3 is 1. The Balaban J connectivity index is 2.34. The monoisotopic (exact) mass is 313 g/mol. The zero-order valence-electron chi connectivity index (χ0n) is 13.2. The molecule has 0 bridgehead atoms. The molecule has 22 heavy (non-hydrogen) atoms. The van der Waals surface area contributed by atoms with Crippen LogP contribution in [-0.4, -0.2) is 41.7 Å². The third kappa shape index (κ3) is 2.67. The van der Waals surface area contributed by atoms with Crippen LogP contribution in [0.5, 0.6) is 5.75 Å². The number of hydrogen-bond acceptors (Lipinski definition) is 3. The topological polar surface area (TPSA) is 49.8 Å². The van der Waals surface area contributed by atoms with E-state index in [-0.39, 0.29) is 18.8 Å². The molecular weight excluding hydrogens is 292 g/mol. The first-order valence-electron chi connectivity index (χ1n) is 7.14. The van der Waals surface area contributed by atoms with Crippen molar-refractivity contribution in [2.75, 3.05) is 20.2 Å². The number of aliphatic hydroxyl groups is 1. The van der Waals surface area contributed by atoms with Crippen LogP contribution >= 0.6 is 0 Å². The molecule has 1 saturated heterocycles. The molecule has 6 heteroatoms. The van der Waals surface area contributed by atoms with Gasteiger partial charge >= 0.3 is 0 Å². The van der Waals surface area contributed by atoms with Crippen molar-refractivity contribution >= 4 is 5.91 Å². The Kier molecular flexibility index (Phi) is 4.17. The standard InChI is InChI=1S/C16H21F2NO3/c1-15(2)9-19(8-7-16(15,3)21)14(20)12-10(17)5-6-11(22-4)13(12)18/h5-6,21H,7-9H2,1-4H3/t16-/m0/s1. The highest BCUT2D eigenvalue weighted by Gasteiger charge is 2.45. The molecule has 1 aliphatic rings. The number of hydrogen-bond donors (Lipinski definition) is 1. The number of amides is 1. The lowest BCUT2D eigenvalue weighted by atomic mass is 9.71. The molecular formula is C16H21F2NO3. The molecule has 0 aromatic heterocycles. The van der Waals surface area contributed by atoms with E-state index in [4.69, 9.17) is 4.74 Å². The molecule has 0 unspecified atom stereocenters. The quantitative estimate of drug-likeness (QED) is 0.913. The summed E-state index contributed by atoms with van der Waals surface area (Å²) in [5.41, 5.74) is -2.13. The molecule has 1 heterocycles. The van der Waals surface area contributed by atoms with Crippen molar-refractivity contribution in [1.29, 1.82) is 0 Å². The van der Waals surface area contributed by atoms with E-state index in [1.54, 1.807) is 6.92 Å². The Morgan fingerprint density at radius 3 is 2.50 bits per heavy atom. The van der Waals surface area contributed by atoms with Gasteiger partial charge in [-0.25, -0.2) is 8.78 Å². The van der Waals surface area contributed by atoms with Crippen molar-refractivity contribution in [2.24, 2.45) is 5.41 Å². The lowest BCUT2D eigenvalue weighted by molar-refractivity contribution is -0.0972. The maximum Gasteiger partial charge on any atom is 0.259 e. The number of carbonyl (C=O) groups excluding carboxylic acids is 1. The third-order valence-electron chi connectivity index (χ3n) is 4.69. The number of benzene rings is 1. The average molecular weight is 313 g/mol. The van der Waals surface area contributed by atoms with Crippen LogP contribution in [-0.2, 0) is 0 Å². The van der Waals surface area contributed by atoms with Gasteiger partial charge in [0, 0.05) is 18.5 Å². The van der Waals surface area contributed by atoms with Gasteiger partial charge in [0.25, 0.3) is 5.91 Å². The second kappa shape index (κ2) is 5.50. The summed E-state index contributed by atoms with van der Waals surface area (Å²) in [7, 11) is 1.26. The Labute approximate surface area is 128 Å². The molecule has 1 aliphatic heterocycles. The molecule has 1 N–H and O–H groups in total. The van der Waals surface area contributed by atoms with Gasteiger partial charge in [0.1, 0.15) is 11.4 Å². The molecule has 1 amide bonds. The van der Waals surface area contributed by atoms with Gasteiger partial charge in [-0.1, -0.05) is 13.8 Å². The van der Waals surface area contributed by atoms with Gasteiger partial charge in [0.2, 0.25) is 0 Å². The minimum absolute atomic E-state index is 0.173. The predicted molar refractivity (Wildman–Crippen MR) is 77.8 cm³/mol. The highest BCUT2D eigenvalue weighted by atomic mass is 19.1. The average Bonchev–Trinajstić information content (AvgIpc) is 2.42. The highest BCUT2D eigenvalue weighted by molar-refractivity contribution is 5.95. The van der Waals surface area contributed by atoms with Crippen molar-refractivity contribution in [3.63, 3.8) is 0 Å². The normalized spacial score (nSPS) is 24.2. The lowest BCUT2D eigenvalue weighted by Crippen LogP contribution is -2.57. The molecule has 2 rings (SSSR count). The van der Waals surface area contributed by atoms with Crippen molar-refractivity contribution in [1.82, 2.24) is 4.90 Å². The second-order valence-electron chi connectivity index (χ2n) is 6.57. The van der Waals surface area contributed by atoms with E-state index in [2.05, 4.69) is 0 Å². The summed E-state index contributed by atoms with van der Waals surface area (Å²) in [4.78, 5) is 13.9. The second-order valence-corrected chi connectivity index (χ2v) is 6.57. The van der Waals surface area contributed by atoms with Crippen LogP contribution in [0.25, 0.3) is 0 Å². The van der Waals surface area contributed by atoms with Gasteiger partial charge in [0.05, 0.1) is 12.7 Å². The summed E-state index contributed by atoms with van der Waals surface area (Å²) in [5, 5.41) is 10.4. The summed E-state index contributed by atoms with van der Waals surface area (Å²) in [5.74, 6) is -2.81. The van der Waals surface area contributed by atoms with Gasteiger partial charge in [-0.05, 0) is 25.5 Å². The fraction of sp³-hybridized carbons (Fsp3) is 0.562. The van der Waals surface area contributed by atoms with Crippen LogP contribution in [0.1, 0.15) is 37.6 Å². The lowest BCUT2D eigenvalue weighted by Gasteiger charge is -2.48. The van der Waals surface area contributed by atoms with E-state index in [1.165, 1.54) is 12.0 Å². The molecule has 0 spiro atoms. The predicted octanol–water partition coefficient (Wildman–Crippen LogP) is 2.60. The van der Waals surface area contributed by atoms with E-state index in [0.717, 1.165) is 12.1 Å². The number of nitrogens with zero attached hydrogens (tertiary/aromatic N) is 1. The van der Waals surface area contributed by atoms with Gasteiger partial charge in [-0.2, -0.15) is 0 Å². The molecule has 1 aromatic carbocycles. The van der Waals surface area contributed by atoms with E-state index >= 15 is 0 Å². The Bertz CT molecular complexity index is 599. The van der Waals surface area contributed by atoms with E-state index < -0.39 is 34.1 Å². The molecule has 122 valence electrons. The first-order valence-corrected chi connectivity index (χ1v) is 7.14. The van der Waals surface area contributed by atoms with Gasteiger partial charge < -0.3 is 14.7 Å².